The average molecular weight is 293 g/mol. The third kappa shape index (κ3) is 3.90. The van der Waals surface area contributed by atoms with E-state index in [2.05, 4.69) is 4.98 Å². The van der Waals surface area contributed by atoms with Gasteiger partial charge in [-0.25, -0.2) is 4.98 Å². The zero-order chi connectivity index (χ0) is 15.4. The SMILES string of the molecule is Cc1ccc([N+](=O)[O-])c(N2CCC(CCC(=O)O)CC2)n1. The van der Waals surface area contributed by atoms with Crippen LogP contribution in [0.1, 0.15) is 31.4 Å². The molecule has 1 N–H and O–H groups in total. The van der Waals surface area contributed by atoms with Gasteiger partial charge in [-0.1, -0.05) is 0 Å². The highest BCUT2D eigenvalue weighted by Gasteiger charge is 2.26. The molecule has 1 aromatic heterocycles. The molecule has 1 aromatic rings. The number of nitro groups is 1. The van der Waals surface area contributed by atoms with Crippen molar-refractivity contribution in [1.82, 2.24) is 4.98 Å². The van der Waals surface area contributed by atoms with E-state index in [0.717, 1.165) is 18.5 Å². The lowest BCUT2D eigenvalue weighted by molar-refractivity contribution is -0.384. The summed E-state index contributed by atoms with van der Waals surface area (Å²) in [6, 6.07) is 3.13. The Bertz CT molecular complexity index is 539. The third-order valence-corrected chi connectivity index (χ3v) is 3.87. The van der Waals surface area contributed by atoms with Gasteiger partial charge in [0.1, 0.15) is 0 Å². The first-order chi connectivity index (χ1) is 9.97. The van der Waals surface area contributed by atoms with Gasteiger partial charge >= 0.3 is 11.7 Å². The lowest BCUT2D eigenvalue weighted by atomic mass is 9.92. The van der Waals surface area contributed by atoms with Gasteiger partial charge < -0.3 is 10.0 Å². The van der Waals surface area contributed by atoms with Crippen LogP contribution in [0.15, 0.2) is 12.1 Å². The largest absolute Gasteiger partial charge is 0.481 e. The average Bonchev–Trinajstić information content (AvgIpc) is 2.45. The van der Waals surface area contributed by atoms with E-state index in [-0.39, 0.29) is 12.1 Å². The number of nitrogens with zero attached hydrogens (tertiary/aromatic N) is 3. The van der Waals surface area contributed by atoms with Crippen LogP contribution in [0.3, 0.4) is 0 Å². The normalized spacial score (nSPS) is 16.0. The fourth-order valence-electron chi connectivity index (χ4n) is 2.67. The summed E-state index contributed by atoms with van der Waals surface area (Å²) in [5, 5.41) is 19.8. The van der Waals surface area contributed by atoms with Crippen LogP contribution in [-0.2, 0) is 4.79 Å². The number of aliphatic carboxylic acids is 1. The topological polar surface area (TPSA) is 96.6 Å². The van der Waals surface area contributed by atoms with Crippen molar-refractivity contribution in [2.75, 3.05) is 18.0 Å². The van der Waals surface area contributed by atoms with E-state index in [4.69, 9.17) is 5.11 Å². The molecule has 0 radical (unpaired) electrons. The molecule has 0 spiro atoms. The highest BCUT2D eigenvalue weighted by atomic mass is 16.6. The molecule has 0 saturated carbocycles. The highest BCUT2D eigenvalue weighted by Crippen LogP contribution is 2.31. The van der Waals surface area contributed by atoms with E-state index in [9.17, 15) is 14.9 Å². The molecule has 0 atom stereocenters. The number of carbonyl (C=O) groups is 1. The van der Waals surface area contributed by atoms with E-state index in [1.54, 1.807) is 6.07 Å². The second kappa shape index (κ2) is 6.51. The van der Waals surface area contributed by atoms with E-state index < -0.39 is 10.9 Å². The van der Waals surface area contributed by atoms with Crippen molar-refractivity contribution < 1.29 is 14.8 Å². The van der Waals surface area contributed by atoms with Crippen molar-refractivity contribution in [2.24, 2.45) is 5.92 Å². The second-order valence-corrected chi connectivity index (χ2v) is 5.42. The van der Waals surface area contributed by atoms with Gasteiger partial charge in [0.2, 0.25) is 5.82 Å². The molecule has 1 aliphatic heterocycles. The standard InChI is InChI=1S/C14H19N3O4/c1-10-2-4-12(17(20)21)14(15-10)16-8-6-11(7-9-16)3-5-13(18)19/h2,4,11H,3,5-9H2,1H3,(H,18,19). The number of anilines is 1. The van der Waals surface area contributed by atoms with Crippen LogP contribution in [0.2, 0.25) is 0 Å². The molecule has 0 bridgehead atoms. The summed E-state index contributed by atoms with van der Waals surface area (Å²) >= 11 is 0. The van der Waals surface area contributed by atoms with Gasteiger partial charge in [0, 0.05) is 31.3 Å². The Balaban J connectivity index is 2.03. The van der Waals surface area contributed by atoms with Crippen LogP contribution >= 0.6 is 0 Å². The molecule has 0 amide bonds. The summed E-state index contributed by atoms with van der Waals surface area (Å²) in [4.78, 5) is 27.5. The Hall–Kier alpha value is -2.18. The van der Waals surface area contributed by atoms with Gasteiger partial charge in [-0.2, -0.15) is 0 Å². The molecule has 7 nitrogen and oxygen atoms in total. The number of pyridine rings is 1. The number of piperidine rings is 1. The van der Waals surface area contributed by atoms with Gasteiger partial charge in [-0.15, -0.1) is 0 Å². The fraction of sp³-hybridized carbons (Fsp3) is 0.571. The number of carboxylic acid groups (broad SMARTS) is 1. The first-order valence-electron chi connectivity index (χ1n) is 7.06. The summed E-state index contributed by atoms with van der Waals surface area (Å²) < 4.78 is 0. The molecule has 114 valence electrons. The van der Waals surface area contributed by atoms with Crippen molar-refractivity contribution in [2.45, 2.75) is 32.6 Å². The van der Waals surface area contributed by atoms with Gasteiger partial charge in [-0.05, 0) is 38.2 Å². The van der Waals surface area contributed by atoms with Gasteiger partial charge in [-0.3, -0.25) is 14.9 Å². The van der Waals surface area contributed by atoms with E-state index in [1.807, 2.05) is 11.8 Å². The Morgan fingerprint density at radius 1 is 1.48 bits per heavy atom. The maximum Gasteiger partial charge on any atom is 0.311 e. The molecule has 1 aliphatic rings. The zero-order valence-electron chi connectivity index (χ0n) is 12.0. The predicted octanol–water partition coefficient (Wildman–Crippen LogP) is 2.38. The first-order valence-corrected chi connectivity index (χ1v) is 7.06. The van der Waals surface area contributed by atoms with Crippen molar-refractivity contribution in [3.63, 3.8) is 0 Å². The molecule has 0 aromatic carbocycles. The number of aromatic nitrogens is 1. The fourth-order valence-corrected chi connectivity index (χ4v) is 2.67. The molecular formula is C14H19N3O4. The zero-order valence-corrected chi connectivity index (χ0v) is 12.0. The minimum Gasteiger partial charge on any atom is -0.481 e. The Labute approximate surface area is 122 Å². The van der Waals surface area contributed by atoms with Crippen LogP contribution in [0.5, 0.6) is 0 Å². The summed E-state index contributed by atoms with van der Waals surface area (Å²) in [6.45, 7) is 3.18. The van der Waals surface area contributed by atoms with Crippen LogP contribution in [0.4, 0.5) is 11.5 Å². The molecule has 0 aliphatic carbocycles. The number of hydrogen-bond donors (Lipinski definition) is 1. The minimum atomic E-state index is -0.770. The Morgan fingerprint density at radius 2 is 2.14 bits per heavy atom. The summed E-state index contributed by atoms with van der Waals surface area (Å²) in [7, 11) is 0. The second-order valence-electron chi connectivity index (χ2n) is 5.42. The maximum atomic E-state index is 11.1. The maximum absolute atomic E-state index is 11.1. The van der Waals surface area contributed by atoms with Crippen molar-refractivity contribution in [3.8, 4) is 0 Å². The van der Waals surface area contributed by atoms with E-state index in [1.165, 1.54) is 6.07 Å². The summed E-state index contributed by atoms with van der Waals surface area (Å²) in [5.41, 5.74) is 0.785. The quantitative estimate of drug-likeness (QED) is 0.661. The van der Waals surface area contributed by atoms with Crippen molar-refractivity contribution >= 4 is 17.5 Å². The predicted molar refractivity (Wildman–Crippen MR) is 77.4 cm³/mol. The third-order valence-electron chi connectivity index (χ3n) is 3.87. The number of carboxylic acids is 1. The van der Waals surface area contributed by atoms with Gasteiger partial charge in [0.05, 0.1) is 4.92 Å². The van der Waals surface area contributed by atoms with Crippen molar-refractivity contribution in [1.29, 1.82) is 0 Å². The van der Waals surface area contributed by atoms with E-state index in [0.29, 0.717) is 31.2 Å². The number of rotatable bonds is 5. The summed E-state index contributed by atoms with van der Waals surface area (Å²) in [6.07, 6.45) is 2.56. The molecular weight excluding hydrogens is 274 g/mol. The molecule has 1 saturated heterocycles. The smallest absolute Gasteiger partial charge is 0.311 e. The van der Waals surface area contributed by atoms with Gasteiger partial charge in [0.25, 0.3) is 0 Å². The molecule has 7 heteroatoms. The van der Waals surface area contributed by atoms with Crippen LogP contribution < -0.4 is 4.90 Å². The Kier molecular flexibility index (Phi) is 4.72. The monoisotopic (exact) mass is 293 g/mol. The molecule has 1 fully saturated rings. The molecule has 2 heterocycles. The lowest BCUT2D eigenvalue weighted by Gasteiger charge is -2.32. The number of aryl methyl sites for hydroxylation is 1. The molecule has 21 heavy (non-hydrogen) atoms. The first kappa shape index (κ1) is 15.2. The Morgan fingerprint density at radius 3 is 2.71 bits per heavy atom. The van der Waals surface area contributed by atoms with Crippen LogP contribution in [0, 0.1) is 23.0 Å². The van der Waals surface area contributed by atoms with Crippen molar-refractivity contribution in [3.05, 3.63) is 27.9 Å². The summed E-state index contributed by atoms with van der Waals surface area (Å²) in [5.74, 6) is 0.0336. The molecule has 2 rings (SSSR count). The van der Waals surface area contributed by atoms with Crippen LogP contribution in [-0.4, -0.2) is 34.1 Å². The van der Waals surface area contributed by atoms with Gasteiger partial charge in [0.15, 0.2) is 0 Å². The van der Waals surface area contributed by atoms with E-state index >= 15 is 0 Å². The van der Waals surface area contributed by atoms with Crippen LogP contribution in [0.25, 0.3) is 0 Å². The number of hydrogen-bond acceptors (Lipinski definition) is 5. The molecule has 0 unspecified atom stereocenters. The minimum absolute atomic E-state index is 0.0320. The highest BCUT2D eigenvalue weighted by molar-refractivity contribution is 5.66. The lowest BCUT2D eigenvalue weighted by Crippen LogP contribution is -2.35.